The maximum absolute atomic E-state index is 12.0. The molecule has 2 rings (SSSR count). The molecule has 1 amide bonds. The van der Waals surface area contributed by atoms with Crippen LogP contribution in [0, 0.1) is 5.92 Å². The van der Waals surface area contributed by atoms with Crippen LogP contribution in [0.25, 0.3) is 0 Å². The van der Waals surface area contributed by atoms with Crippen molar-refractivity contribution in [2.24, 2.45) is 5.92 Å². The third-order valence-corrected chi connectivity index (χ3v) is 3.96. The number of carboxylic acids is 1. The summed E-state index contributed by atoms with van der Waals surface area (Å²) < 4.78 is 0.910. The van der Waals surface area contributed by atoms with E-state index in [1.165, 1.54) is 0 Å². The van der Waals surface area contributed by atoms with Gasteiger partial charge in [0.05, 0.1) is 12.3 Å². The molecule has 4 nitrogen and oxygen atoms in total. The molecule has 1 aromatic carbocycles. The summed E-state index contributed by atoms with van der Waals surface area (Å²) in [6.07, 6.45) is 0.866. The van der Waals surface area contributed by atoms with Crippen LogP contribution < -0.4 is 0 Å². The Kier molecular flexibility index (Phi) is 4.01. The number of halogens is 1. The van der Waals surface area contributed by atoms with Gasteiger partial charge < -0.3 is 10.0 Å². The van der Waals surface area contributed by atoms with Gasteiger partial charge in [-0.1, -0.05) is 34.1 Å². The molecule has 0 spiro atoms. The lowest BCUT2D eigenvalue weighted by molar-refractivity contribution is -0.141. The lowest BCUT2D eigenvalue weighted by atomic mass is 10.1. The molecule has 0 radical (unpaired) electrons. The Morgan fingerprint density at radius 1 is 1.39 bits per heavy atom. The smallest absolute Gasteiger partial charge is 0.308 e. The Morgan fingerprint density at radius 2 is 2.11 bits per heavy atom. The molecule has 0 aliphatic carbocycles. The van der Waals surface area contributed by atoms with Crippen molar-refractivity contribution in [1.29, 1.82) is 0 Å². The highest BCUT2D eigenvalue weighted by Crippen LogP contribution is 2.20. The number of rotatable bonds is 3. The zero-order chi connectivity index (χ0) is 13.1. The Balaban J connectivity index is 1.98. The summed E-state index contributed by atoms with van der Waals surface area (Å²) in [6, 6.07) is 7.57. The first-order valence-electron chi connectivity index (χ1n) is 5.82. The maximum atomic E-state index is 12.0. The third-order valence-electron chi connectivity index (χ3n) is 3.19. The van der Waals surface area contributed by atoms with E-state index in [0.29, 0.717) is 25.9 Å². The number of benzene rings is 1. The molecule has 18 heavy (non-hydrogen) atoms. The highest BCUT2D eigenvalue weighted by molar-refractivity contribution is 9.10. The molecule has 1 heterocycles. The highest BCUT2D eigenvalue weighted by atomic mass is 79.9. The van der Waals surface area contributed by atoms with Crippen molar-refractivity contribution in [2.45, 2.75) is 12.8 Å². The van der Waals surface area contributed by atoms with Crippen LogP contribution in [0.5, 0.6) is 0 Å². The molecule has 1 saturated heterocycles. The lowest BCUT2D eigenvalue weighted by Crippen LogP contribution is -2.31. The van der Waals surface area contributed by atoms with Crippen LogP contribution >= 0.6 is 15.9 Å². The minimum atomic E-state index is -0.814. The largest absolute Gasteiger partial charge is 0.481 e. The van der Waals surface area contributed by atoms with Crippen LogP contribution in [0.3, 0.4) is 0 Å². The van der Waals surface area contributed by atoms with E-state index < -0.39 is 11.9 Å². The minimum absolute atomic E-state index is 0.00866. The highest BCUT2D eigenvalue weighted by Gasteiger charge is 2.30. The summed E-state index contributed by atoms with van der Waals surface area (Å²) in [4.78, 5) is 24.5. The summed E-state index contributed by atoms with van der Waals surface area (Å²) >= 11 is 3.40. The number of hydrogen-bond acceptors (Lipinski definition) is 2. The van der Waals surface area contributed by atoms with Gasteiger partial charge in [-0.05, 0) is 18.1 Å². The number of carboxylic acid groups (broad SMARTS) is 1. The molecule has 1 aliphatic rings. The molecule has 5 heteroatoms. The second-order valence-corrected chi connectivity index (χ2v) is 5.29. The number of hydrogen-bond donors (Lipinski definition) is 1. The van der Waals surface area contributed by atoms with E-state index >= 15 is 0 Å². The van der Waals surface area contributed by atoms with Crippen LogP contribution in [0.1, 0.15) is 12.0 Å². The molecule has 0 aromatic heterocycles. The van der Waals surface area contributed by atoms with Crippen molar-refractivity contribution in [2.75, 3.05) is 13.1 Å². The van der Waals surface area contributed by atoms with Crippen molar-refractivity contribution < 1.29 is 14.7 Å². The quantitative estimate of drug-likeness (QED) is 0.928. The first-order chi connectivity index (χ1) is 8.58. The fraction of sp³-hybridized carbons (Fsp3) is 0.385. The molecule has 0 saturated carbocycles. The van der Waals surface area contributed by atoms with Crippen molar-refractivity contribution in [3.63, 3.8) is 0 Å². The van der Waals surface area contributed by atoms with Crippen LogP contribution in [0.15, 0.2) is 28.7 Å². The van der Waals surface area contributed by atoms with Crippen LogP contribution in [0.4, 0.5) is 0 Å². The fourth-order valence-electron chi connectivity index (χ4n) is 2.10. The molecule has 1 unspecified atom stereocenters. The molecular formula is C13H14BrNO3. The van der Waals surface area contributed by atoms with Gasteiger partial charge in [-0.25, -0.2) is 0 Å². The Bertz CT molecular complexity index is 475. The average molecular weight is 312 g/mol. The molecular weight excluding hydrogens is 298 g/mol. The number of amides is 1. The molecule has 1 fully saturated rings. The first-order valence-corrected chi connectivity index (χ1v) is 6.61. The molecule has 96 valence electrons. The summed E-state index contributed by atoms with van der Waals surface area (Å²) in [7, 11) is 0. The summed E-state index contributed by atoms with van der Waals surface area (Å²) in [5.74, 6) is -1.23. The van der Waals surface area contributed by atoms with Gasteiger partial charge in [0.2, 0.25) is 5.91 Å². The Hall–Kier alpha value is -1.36. The van der Waals surface area contributed by atoms with Gasteiger partial charge in [0, 0.05) is 17.6 Å². The van der Waals surface area contributed by atoms with Gasteiger partial charge >= 0.3 is 5.97 Å². The number of nitrogens with zero attached hydrogens (tertiary/aromatic N) is 1. The van der Waals surface area contributed by atoms with Crippen LogP contribution in [-0.4, -0.2) is 35.0 Å². The monoisotopic (exact) mass is 311 g/mol. The van der Waals surface area contributed by atoms with Crippen LogP contribution in [0.2, 0.25) is 0 Å². The summed E-state index contributed by atoms with van der Waals surface area (Å²) in [5, 5.41) is 8.90. The number of aliphatic carboxylic acids is 1. The molecule has 1 atom stereocenters. The Labute approximate surface area is 114 Å². The second-order valence-electron chi connectivity index (χ2n) is 4.43. The van der Waals surface area contributed by atoms with E-state index in [0.717, 1.165) is 10.0 Å². The Morgan fingerprint density at radius 3 is 2.72 bits per heavy atom. The van der Waals surface area contributed by atoms with Gasteiger partial charge in [0.25, 0.3) is 0 Å². The molecule has 1 N–H and O–H groups in total. The minimum Gasteiger partial charge on any atom is -0.481 e. The van der Waals surface area contributed by atoms with Crippen molar-refractivity contribution >= 4 is 27.8 Å². The number of carbonyl (C=O) groups excluding carboxylic acids is 1. The van der Waals surface area contributed by atoms with E-state index in [-0.39, 0.29) is 5.91 Å². The fourth-order valence-corrected chi connectivity index (χ4v) is 2.53. The van der Waals surface area contributed by atoms with Gasteiger partial charge in [0.1, 0.15) is 0 Å². The maximum Gasteiger partial charge on any atom is 0.308 e. The van der Waals surface area contributed by atoms with Crippen molar-refractivity contribution in [3.05, 3.63) is 34.3 Å². The van der Waals surface area contributed by atoms with Crippen LogP contribution in [-0.2, 0) is 16.0 Å². The van der Waals surface area contributed by atoms with E-state index in [1.807, 2.05) is 24.3 Å². The topological polar surface area (TPSA) is 57.6 Å². The van der Waals surface area contributed by atoms with Gasteiger partial charge in [-0.15, -0.1) is 0 Å². The van der Waals surface area contributed by atoms with Gasteiger partial charge in [-0.2, -0.15) is 0 Å². The molecule has 0 bridgehead atoms. The third kappa shape index (κ3) is 2.90. The lowest BCUT2D eigenvalue weighted by Gasteiger charge is -2.16. The standard InChI is InChI=1S/C13H14BrNO3/c14-11-4-2-1-3-9(11)7-12(16)15-6-5-10(8-15)13(17)18/h1-4,10H,5-8H2,(H,17,18). The SMILES string of the molecule is O=C(O)C1CCN(C(=O)Cc2ccccc2Br)C1. The van der Waals surface area contributed by atoms with Gasteiger partial charge in [0.15, 0.2) is 0 Å². The normalized spacial score (nSPS) is 18.9. The molecule has 1 aromatic rings. The zero-order valence-electron chi connectivity index (χ0n) is 9.80. The predicted octanol–water partition coefficient (Wildman–Crippen LogP) is 1.92. The van der Waals surface area contributed by atoms with Gasteiger partial charge in [-0.3, -0.25) is 9.59 Å². The molecule has 1 aliphatic heterocycles. The number of carbonyl (C=O) groups is 2. The second kappa shape index (κ2) is 5.52. The predicted molar refractivity (Wildman–Crippen MR) is 70.2 cm³/mol. The summed E-state index contributed by atoms with van der Waals surface area (Å²) in [6.45, 7) is 0.874. The van der Waals surface area contributed by atoms with Crippen molar-refractivity contribution in [3.8, 4) is 0 Å². The van der Waals surface area contributed by atoms with E-state index in [9.17, 15) is 9.59 Å². The van der Waals surface area contributed by atoms with E-state index in [4.69, 9.17) is 5.11 Å². The van der Waals surface area contributed by atoms with E-state index in [1.54, 1.807) is 4.90 Å². The van der Waals surface area contributed by atoms with Crippen molar-refractivity contribution in [1.82, 2.24) is 4.90 Å². The number of likely N-dealkylation sites (tertiary alicyclic amines) is 1. The average Bonchev–Trinajstić information content (AvgIpc) is 2.81. The first kappa shape index (κ1) is 13.1. The zero-order valence-corrected chi connectivity index (χ0v) is 11.4. The summed E-state index contributed by atoms with van der Waals surface area (Å²) in [5.41, 5.74) is 0.932. The van der Waals surface area contributed by atoms with E-state index in [2.05, 4.69) is 15.9 Å².